The Morgan fingerprint density at radius 3 is 2.54 bits per heavy atom. The van der Waals surface area contributed by atoms with Crippen LogP contribution in [0.1, 0.15) is 39.5 Å². The first-order valence-electron chi connectivity index (χ1n) is 5.62. The summed E-state index contributed by atoms with van der Waals surface area (Å²) in [5.41, 5.74) is 6.28. The highest BCUT2D eigenvalue weighted by molar-refractivity contribution is 4.97. The average Bonchev–Trinajstić information content (AvgIpc) is 2.81. The first-order chi connectivity index (χ1) is 6.15. The zero-order chi connectivity index (χ0) is 9.47. The van der Waals surface area contributed by atoms with E-state index in [9.17, 15) is 0 Å². The van der Waals surface area contributed by atoms with Crippen LogP contribution in [0, 0.1) is 5.92 Å². The lowest BCUT2D eigenvalue weighted by Crippen LogP contribution is -2.49. The van der Waals surface area contributed by atoms with E-state index in [4.69, 9.17) is 5.73 Å². The fourth-order valence-electron chi connectivity index (χ4n) is 2.80. The molecule has 2 fully saturated rings. The van der Waals surface area contributed by atoms with Crippen molar-refractivity contribution in [1.29, 1.82) is 0 Å². The van der Waals surface area contributed by atoms with E-state index in [1.54, 1.807) is 0 Å². The van der Waals surface area contributed by atoms with Crippen molar-refractivity contribution in [3.8, 4) is 0 Å². The molecule has 0 bridgehead atoms. The molecule has 1 saturated carbocycles. The quantitative estimate of drug-likeness (QED) is 0.718. The van der Waals surface area contributed by atoms with Crippen molar-refractivity contribution in [2.24, 2.45) is 11.7 Å². The van der Waals surface area contributed by atoms with Crippen molar-refractivity contribution in [2.75, 3.05) is 13.1 Å². The Bertz CT molecular complexity index is 185. The fourth-order valence-corrected chi connectivity index (χ4v) is 2.80. The van der Waals surface area contributed by atoms with Crippen molar-refractivity contribution in [3.05, 3.63) is 0 Å². The van der Waals surface area contributed by atoms with E-state index in [1.807, 2.05) is 0 Å². The van der Waals surface area contributed by atoms with Crippen LogP contribution in [0.25, 0.3) is 0 Å². The lowest BCUT2D eigenvalue weighted by molar-refractivity contribution is 0.105. The van der Waals surface area contributed by atoms with Gasteiger partial charge in [0.25, 0.3) is 0 Å². The largest absolute Gasteiger partial charge is 0.329 e. The van der Waals surface area contributed by atoms with Gasteiger partial charge in [0, 0.05) is 18.1 Å². The predicted molar refractivity (Wildman–Crippen MR) is 55.6 cm³/mol. The number of hydrogen-bond acceptors (Lipinski definition) is 2. The van der Waals surface area contributed by atoms with Gasteiger partial charge in [0.1, 0.15) is 0 Å². The van der Waals surface area contributed by atoms with Crippen LogP contribution in [-0.4, -0.2) is 29.6 Å². The number of rotatable bonds is 3. The Morgan fingerprint density at radius 2 is 2.15 bits per heavy atom. The normalized spacial score (nSPS) is 30.7. The van der Waals surface area contributed by atoms with Crippen molar-refractivity contribution in [1.82, 2.24) is 4.90 Å². The van der Waals surface area contributed by atoms with Crippen LogP contribution < -0.4 is 5.73 Å². The third-order valence-electron chi connectivity index (χ3n) is 3.77. The van der Waals surface area contributed by atoms with E-state index in [-0.39, 0.29) is 0 Å². The fraction of sp³-hybridized carbons (Fsp3) is 1.00. The first kappa shape index (κ1) is 9.47. The molecule has 1 aliphatic carbocycles. The Hall–Kier alpha value is -0.0800. The molecule has 1 unspecified atom stereocenters. The highest BCUT2D eigenvalue weighted by Gasteiger charge is 2.42. The second kappa shape index (κ2) is 3.25. The molecular weight excluding hydrogens is 160 g/mol. The van der Waals surface area contributed by atoms with Crippen molar-refractivity contribution in [2.45, 2.75) is 51.1 Å². The number of likely N-dealkylation sites (tertiary alicyclic amines) is 1. The summed E-state index contributed by atoms with van der Waals surface area (Å²) in [4.78, 5) is 2.66. The Kier molecular flexibility index (Phi) is 2.37. The summed E-state index contributed by atoms with van der Waals surface area (Å²) in [6, 6.07) is 0.678. The number of nitrogens with two attached hydrogens (primary N) is 1. The van der Waals surface area contributed by atoms with Gasteiger partial charge in [-0.2, -0.15) is 0 Å². The van der Waals surface area contributed by atoms with Crippen LogP contribution in [-0.2, 0) is 0 Å². The maximum absolute atomic E-state index is 5.87. The topological polar surface area (TPSA) is 29.3 Å². The summed E-state index contributed by atoms with van der Waals surface area (Å²) in [6.07, 6.45) is 5.52. The summed E-state index contributed by atoms with van der Waals surface area (Å²) in [5.74, 6) is 0.919. The number of hydrogen-bond donors (Lipinski definition) is 1. The SMILES string of the molecule is CC1(C)CCCN1C(CN)C1CC1. The maximum Gasteiger partial charge on any atom is 0.0251 e. The second-order valence-corrected chi connectivity index (χ2v) is 5.25. The summed E-state index contributed by atoms with van der Waals surface area (Å²) in [5, 5.41) is 0. The van der Waals surface area contributed by atoms with Crippen molar-refractivity contribution >= 4 is 0 Å². The summed E-state index contributed by atoms with van der Waals surface area (Å²) in [6.45, 7) is 6.86. The van der Waals surface area contributed by atoms with Gasteiger partial charge in [0.05, 0.1) is 0 Å². The van der Waals surface area contributed by atoms with Gasteiger partial charge in [0.2, 0.25) is 0 Å². The third-order valence-corrected chi connectivity index (χ3v) is 3.77. The van der Waals surface area contributed by atoms with Gasteiger partial charge in [-0.1, -0.05) is 0 Å². The van der Waals surface area contributed by atoms with Crippen molar-refractivity contribution < 1.29 is 0 Å². The monoisotopic (exact) mass is 182 g/mol. The standard InChI is InChI=1S/C11H22N2/c1-11(2)6-3-7-13(11)10(8-12)9-4-5-9/h9-10H,3-8,12H2,1-2H3. The molecular formula is C11H22N2. The molecule has 1 heterocycles. The Morgan fingerprint density at radius 1 is 1.46 bits per heavy atom. The van der Waals surface area contributed by atoms with Gasteiger partial charge in [0.15, 0.2) is 0 Å². The summed E-state index contributed by atoms with van der Waals surface area (Å²) >= 11 is 0. The molecule has 1 atom stereocenters. The van der Waals surface area contributed by atoms with Crippen LogP contribution in [0.5, 0.6) is 0 Å². The van der Waals surface area contributed by atoms with Crippen LogP contribution in [0.3, 0.4) is 0 Å². The molecule has 0 aromatic heterocycles. The van der Waals surface area contributed by atoms with Crippen LogP contribution in [0.2, 0.25) is 0 Å². The molecule has 2 aliphatic rings. The van der Waals surface area contributed by atoms with Gasteiger partial charge >= 0.3 is 0 Å². The minimum Gasteiger partial charge on any atom is -0.329 e. The van der Waals surface area contributed by atoms with Gasteiger partial charge in [-0.3, -0.25) is 4.90 Å². The second-order valence-electron chi connectivity index (χ2n) is 5.25. The van der Waals surface area contributed by atoms with Crippen LogP contribution in [0.4, 0.5) is 0 Å². The lowest BCUT2D eigenvalue weighted by atomic mass is 9.99. The first-order valence-corrected chi connectivity index (χ1v) is 5.62. The predicted octanol–water partition coefficient (Wildman–Crippen LogP) is 1.60. The molecule has 0 amide bonds. The minimum atomic E-state index is 0.409. The molecule has 2 nitrogen and oxygen atoms in total. The molecule has 13 heavy (non-hydrogen) atoms. The van der Waals surface area contributed by atoms with Gasteiger partial charge in [-0.15, -0.1) is 0 Å². The minimum absolute atomic E-state index is 0.409. The molecule has 0 radical (unpaired) electrons. The van der Waals surface area contributed by atoms with Gasteiger partial charge in [-0.25, -0.2) is 0 Å². The number of nitrogens with zero attached hydrogens (tertiary/aromatic N) is 1. The van der Waals surface area contributed by atoms with E-state index < -0.39 is 0 Å². The van der Waals surface area contributed by atoms with Gasteiger partial charge in [-0.05, 0) is 52.0 Å². The molecule has 0 aromatic carbocycles. The van der Waals surface area contributed by atoms with E-state index in [1.165, 1.54) is 32.2 Å². The van der Waals surface area contributed by atoms with E-state index in [2.05, 4.69) is 18.7 Å². The average molecular weight is 182 g/mol. The summed E-state index contributed by atoms with van der Waals surface area (Å²) < 4.78 is 0. The highest BCUT2D eigenvalue weighted by atomic mass is 15.2. The van der Waals surface area contributed by atoms with Crippen LogP contribution in [0.15, 0.2) is 0 Å². The highest BCUT2D eigenvalue weighted by Crippen LogP contribution is 2.40. The maximum atomic E-state index is 5.87. The smallest absolute Gasteiger partial charge is 0.0251 e. The molecule has 2 N–H and O–H groups in total. The molecule has 2 rings (SSSR count). The van der Waals surface area contributed by atoms with Crippen molar-refractivity contribution in [3.63, 3.8) is 0 Å². The molecule has 0 aromatic rings. The third kappa shape index (κ3) is 1.75. The van der Waals surface area contributed by atoms with Crippen LogP contribution >= 0.6 is 0 Å². The summed E-state index contributed by atoms with van der Waals surface area (Å²) in [7, 11) is 0. The molecule has 0 spiro atoms. The Labute approximate surface area is 81.5 Å². The molecule has 1 aliphatic heterocycles. The zero-order valence-electron chi connectivity index (χ0n) is 8.92. The van der Waals surface area contributed by atoms with E-state index in [0.29, 0.717) is 11.6 Å². The lowest BCUT2D eigenvalue weighted by Gasteiger charge is -2.38. The van der Waals surface area contributed by atoms with E-state index in [0.717, 1.165) is 12.5 Å². The molecule has 1 saturated heterocycles. The zero-order valence-corrected chi connectivity index (χ0v) is 8.92. The van der Waals surface area contributed by atoms with Gasteiger partial charge < -0.3 is 5.73 Å². The molecule has 76 valence electrons. The van der Waals surface area contributed by atoms with E-state index >= 15 is 0 Å². The molecule has 2 heteroatoms. The Balaban J connectivity index is 2.04.